The van der Waals surface area contributed by atoms with E-state index >= 15 is 0 Å². The van der Waals surface area contributed by atoms with E-state index in [4.69, 9.17) is 5.73 Å². The molecule has 2 N–H and O–H groups in total. The molecule has 6 heteroatoms. The van der Waals surface area contributed by atoms with Gasteiger partial charge in [0.05, 0.1) is 0 Å². The van der Waals surface area contributed by atoms with Gasteiger partial charge in [-0.25, -0.2) is 0 Å². The molecule has 1 aromatic carbocycles. The molecule has 3 rings (SSSR count). The first-order chi connectivity index (χ1) is 11.3. The van der Waals surface area contributed by atoms with Gasteiger partial charge in [0.1, 0.15) is 5.69 Å². The highest BCUT2D eigenvalue weighted by molar-refractivity contribution is 9.10. The third-order valence-electron chi connectivity index (χ3n) is 5.08. The number of carbonyl (C=O) groups is 1. The Morgan fingerprint density at radius 3 is 2.44 bits per heavy atom. The van der Waals surface area contributed by atoms with Gasteiger partial charge >= 0.3 is 0 Å². The number of hydrogen-bond donors (Lipinski definition) is 1. The van der Waals surface area contributed by atoms with Gasteiger partial charge in [0.2, 0.25) is 0 Å². The third-order valence-corrected chi connectivity index (χ3v) is 5.61. The number of piperidine rings is 1. The Labute approximate surface area is 163 Å². The maximum absolute atomic E-state index is 13.0. The van der Waals surface area contributed by atoms with Crippen molar-refractivity contribution in [1.82, 2.24) is 9.47 Å². The highest BCUT2D eigenvalue weighted by Crippen LogP contribution is 2.30. The zero-order valence-electron chi connectivity index (χ0n) is 14.8. The SMILES string of the molecule is Cl.Cn1c(C(=O)N2CCC(N)C(C)(C)C2)ccc1-c1ccc(Br)cc1. The van der Waals surface area contributed by atoms with Gasteiger partial charge in [-0.2, -0.15) is 0 Å². The Kier molecular flexibility index (Phi) is 6.02. The van der Waals surface area contributed by atoms with Crippen molar-refractivity contribution in [2.45, 2.75) is 26.3 Å². The summed E-state index contributed by atoms with van der Waals surface area (Å²) in [5.74, 6) is 0.0841. The van der Waals surface area contributed by atoms with Crippen LogP contribution in [0.5, 0.6) is 0 Å². The first-order valence-electron chi connectivity index (χ1n) is 8.26. The lowest BCUT2D eigenvalue weighted by Gasteiger charge is -2.42. The average Bonchev–Trinajstić information content (AvgIpc) is 2.92. The summed E-state index contributed by atoms with van der Waals surface area (Å²) in [6.45, 7) is 5.69. The fourth-order valence-corrected chi connectivity index (χ4v) is 3.61. The van der Waals surface area contributed by atoms with Crippen molar-refractivity contribution < 1.29 is 4.79 Å². The van der Waals surface area contributed by atoms with Gasteiger partial charge in [-0.15, -0.1) is 12.4 Å². The van der Waals surface area contributed by atoms with Gasteiger partial charge in [-0.3, -0.25) is 4.79 Å². The lowest BCUT2D eigenvalue weighted by atomic mass is 9.79. The van der Waals surface area contributed by atoms with Crippen LogP contribution in [0.3, 0.4) is 0 Å². The van der Waals surface area contributed by atoms with Gasteiger partial charge in [-0.05, 0) is 41.7 Å². The number of rotatable bonds is 2. The summed E-state index contributed by atoms with van der Waals surface area (Å²) in [5, 5.41) is 0. The number of hydrogen-bond acceptors (Lipinski definition) is 2. The van der Waals surface area contributed by atoms with Crippen LogP contribution in [0, 0.1) is 5.41 Å². The van der Waals surface area contributed by atoms with E-state index in [-0.39, 0.29) is 29.8 Å². The van der Waals surface area contributed by atoms with Crippen LogP contribution in [0.15, 0.2) is 40.9 Å². The van der Waals surface area contributed by atoms with E-state index in [1.807, 2.05) is 40.8 Å². The van der Waals surface area contributed by atoms with Crippen LogP contribution in [0.25, 0.3) is 11.3 Å². The molecular formula is C19H25BrClN3O. The lowest BCUT2D eigenvalue weighted by molar-refractivity contribution is 0.0524. The first-order valence-corrected chi connectivity index (χ1v) is 9.05. The number of amides is 1. The second-order valence-electron chi connectivity index (χ2n) is 7.28. The van der Waals surface area contributed by atoms with E-state index in [0.717, 1.165) is 34.4 Å². The van der Waals surface area contributed by atoms with E-state index < -0.39 is 0 Å². The maximum atomic E-state index is 13.0. The second kappa shape index (κ2) is 7.52. The molecule has 1 saturated heterocycles. The fourth-order valence-electron chi connectivity index (χ4n) is 3.35. The predicted molar refractivity (Wildman–Crippen MR) is 108 cm³/mol. The Morgan fingerprint density at radius 1 is 1.20 bits per heavy atom. The van der Waals surface area contributed by atoms with E-state index in [1.165, 1.54) is 0 Å². The minimum absolute atomic E-state index is 0. The largest absolute Gasteiger partial charge is 0.340 e. The van der Waals surface area contributed by atoms with Gasteiger partial charge in [0, 0.05) is 36.3 Å². The van der Waals surface area contributed by atoms with Crippen LogP contribution in [0.4, 0.5) is 0 Å². The normalized spacial score (nSPS) is 19.4. The molecule has 0 radical (unpaired) electrons. The molecule has 4 nitrogen and oxygen atoms in total. The summed E-state index contributed by atoms with van der Waals surface area (Å²) in [6, 6.07) is 12.2. The summed E-state index contributed by atoms with van der Waals surface area (Å²) in [6.07, 6.45) is 0.850. The van der Waals surface area contributed by atoms with Gasteiger partial charge in [0.25, 0.3) is 5.91 Å². The molecule has 136 valence electrons. The summed E-state index contributed by atoms with van der Waals surface area (Å²) in [7, 11) is 1.95. The van der Waals surface area contributed by atoms with Crippen LogP contribution in [0.1, 0.15) is 30.8 Å². The average molecular weight is 427 g/mol. The molecule has 25 heavy (non-hydrogen) atoms. The zero-order chi connectivity index (χ0) is 17.5. The van der Waals surface area contributed by atoms with Crippen molar-refractivity contribution in [3.8, 4) is 11.3 Å². The van der Waals surface area contributed by atoms with Crippen LogP contribution in [0.2, 0.25) is 0 Å². The predicted octanol–water partition coefficient (Wildman–Crippen LogP) is 4.08. The molecule has 0 bridgehead atoms. The number of carbonyl (C=O) groups excluding carboxylic acids is 1. The molecule has 1 amide bonds. The van der Waals surface area contributed by atoms with E-state index in [2.05, 4.69) is 41.9 Å². The molecule has 1 aliphatic heterocycles. The highest BCUT2D eigenvalue weighted by atomic mass is 79.9. The van der Waals surface area contributed by atoms with Gasteiger partial charge < -0.3 is 15.2 Å². The van der Waals surface area contributed by atoms with Crippen LogP contribution < -0.4 is 5.73 Å². The smallest absolute Gasteiger partial charge is 0.270 e. The van der Waals surface area contributed by atoms with E-state index in [9.17, 15) is 4.79 Å². The molecule has 0 aliphatic carbocycles. The van der Waals surface area contributed by atoms with Crippen molar-refractivity contribution in [3.05, 3.63) is 46.6 Å². The van der Waals surface area contributed by atoms with Crippen molar-refractivity contribution in [3.63, 3.8) is 0 Å². The lowest BCUT2D eigenvalue weighted by Crippen LogP contribution is -2.54. The van der Waals surface area contributed by atoms with Gasteiger partial charge in [-0.1, -0.05) is 41.9 Å². The molecular weight excluding hydrogens is 402 g/mol. The highest BCUT2D eigenvalue weighted by Gasteiger charge is 2.36. The zero-order valence-corrected chi connectivity index (χ0v) is 17.2. The molecule has 1 fully saturated rings. The number of nitrogens with two attached hydrogens (primary N) is 1. The Balaban J connectivity index is 0.00000225. The van der Waals surface area contributed by atoms with Crippen LogP contribution in [-0.4, -0.2) is 34.5 Å². The number of likely N-dealkylation sites (tertiary alicyclic amines) is 1. The summed E-state index contributed by atoms with van der Waals surface area (Å²) < 4.78 is 3.02. The van der Waals surface area contributed by atoms with Crippen molar-refractivity contribution in [1.29, 1.82) is 0 Å². The molecule has 0 spiro atoms. The molecule has 1 aromatic heterocycles. The van der Waals surface area contributed by atoms with Crippen molar-refractivity contribution in [2.24, 2.45) is 18.2 Å². The van der Waals surface area contributed by atoms with Crippen molar-refractivity contribution >= 4 is 34.2 Å². The fraction of sp³-hybridized carbons (Fsp3) is 0.421. The summed E-state index contributed by atoms with van der Waals surface area (Å²) in [4.78, 5) is 14.9. The molecule has 1 unspecified atom stereocenters. The maximum Gasteiger partial charge on any atom is 0.270 e. The Hall–Kier alpha value is -1.30. The minimum atomic E-state index is -0.0480. The second-order valence-corrected chi connectivity index (χ2v) is 8.20. The van der Waals surface area contributed by atoms with E-state index in [0.29, 0.717) is 6.54 Å². The van der Waals surface area contributed by atoms with Crippen LogP contribution in [-0.2, 0) is 7.05 Å². The Bertz CT molecular complexity index is 755. The third kappa shape index (κ3) is 3.94. The standard InChI is InChI=1S/C19H24BrN3O.ClH/c1-19(2)12-23(11-10-17(19)21)18(24)16-9-8-15(22(16)3)13-4-6-14(20)7-5-13;/h4-9,17H,10-12,21H2,1-3H3;1H. The molecule has 1 atom stereocenters. The van der Waals surface area contributed by atoms with Crippen molar-refractivity contribution in [2.75, 3.05) is 13.1 Å². The molecule has 1 aliphatic rings. The Morgan fingerprint density at radius 2 is 1.84 bits per heavy atom. The minimum Gasteiger partial charge on any atom is -0.340 e. The molecule has 2 heterocycles. The summed E-state index contributed by atoms with van der Waals surface area (Å²) >= 11 is 3.45. The number of nitrogens with zero attached hydrogens (tertiary/aromatic N) is 2. The molecule has 0 saturated carbocycles. The number of aromatic nitrogens is 1. The van der Waals surface area contributed by atoms with E-state index in [1.54, 1.807) is 0 Å². The molecule has 2 aromatic rings. The summed E-state index contributed by atoms with van der Waals surface area (Å²) in [5.41, 5.74) is 9.00. The number of halogens is 2. The topological polar surface area (TPSA) is 51.3 Å². The van der Waals surface area contributed by atoms with Crippen LogP contribution >= 0.6 is 28.3 Å². The monoisotopic (exact) mass is 425 g/mol. The first kappa shape index (κ1) is 20.0. The quantitative estimate of drug-likeness (QED) is 0.787. The van der Waals surface area contributed by atoms with Gasteiger partial charge in [0.15, 0.2) is 0 Å². The number of benzene rings is 1.